The molecule has 0 radical (unpaired) electrons. The summed E-state index contributed by atoms with van der Waals surface area (Å²) < 4.78 is 38.3. The Bertz CT molecular complexity index is 932. The van der Waals surface area contributed by atoms with Crippen molar-refractivity contribution >= 4 is 15.9 Å². The molecule has 2 N–H and O–H groups in total. The number of nitrogens with one attached hydrogen (secondary N) is 2. The first-order chi connectivity index (χ1) is 14.5. The lowest BCUT2D eigenvalue weighted by molar-refractivity contribution is -0.121. The van der Waals surface area contributed by atoms with Crippen molar-refractivity contribution in [3.8, 4) is 11.5 Å². The Labute approximate surface area is 177 Å². The quantitative estimate of drug-likeness (QED) is 0.533. The minimum absolute atomic E-state index is 0.0304. The summed E-state index contributed by atoms with van der Waals surface area (Å²) in [5, 5.41) is 2.92. The van der Waals surface area contributed by atoms with Crippen molar-refractivity contribution in [1.82, 2.24) is 10.0 Å². The van der Waals surface area contributed by atoms with Crippen LogP contribution in [0.1, 0.15) is 31.2 Å². The van der Waals surface area contributed by atoms with Gasteiger partial charge < -0.3 is 14.8 Å². The number of amides is 1. The first-order valence-electron chi connectivity index (χ1n) is 10.2. The second-order valence-electron chi connectivity index (χ2n) is 7.10. The highest BCUT2D eigenvalue weighted by atomic mass is 32.2. The molecular formula is C22H28N2O5S. The van der Waals surface area contributed by atoms with E-state index in [-0.39, 0.29) is 10.8 Å². The van der Waals surface area contributed by atoms with Gasteiger partial charge in [0.05, 0.1) is 4.90 Å². The number of ether oxygens (including phenoxy) is 2. The summed E-state index contributed by atoms with van der Waals surface area (Å²) in [7, 11) is -3.60. The number of carbonyl (C=O) groups excluding carboxylic acids is 1. The maximum Gasteiger partial charge on any atom is 0.240 e. The molecule has 7 nitrogen and oxygen atoms in total. The lowest BCUT2D eigenvalue weighted by Gasteiger charge is -2.18. The molecule has 0 atom stereocenters. The summed E-state index contributed by atoms with van der Waals surface area (Å²) in [5.41, 5.74) is 1.20. The first kappa shape index (κ1) is 22.1. The molecule has 0 aliphatic carbocycles. The molecule has 2 aromatic rings. The Morgan fingerprint density at radius 3 is 2.47 bits per heavy atom. The molecule has 1 heterocycles. The first-order valence-corrected chi connectivity index (χ1v) is 11.7. The summed E-state index contributed by atoms with van der Waals surface area (Å²) in [5.74, 6) is 1.03. The molecule has 0 bridgehead atoms. The molecule has 0 saturated heterocycles. The molecule has 1 aliphatic heterocycles. The number of carbonyl (C=O) groups is 1. The van der Waals surface area contributed by atoms with Crippen molar-refractivity contribution in [2.75, 3.05) is 26.3 Å². The highest BCUT2D eigenvalue weighted by Crippen LogP contribution is 2.32. The van der Waals surface area contributed by atoms with Crippen LogP contribution >= 0.6 is 0 Å². The largest absolute Gasteiger partial charge is 0.486 e. The van der Waals surface area contributed by atoms with Crippen LogP contribution < -0.4 is 19.5 Å². The Kier molecular flexibility index (Phi) is 8.10. The third-order valence-corrected chi connectivity index (χ3v) is 6.23. The average Bonchev–Trinajstić information content (AvgIpc) is 2.76. The molecule has 162 valence electrons. The predicted octanol–water partition coefficient (Wildman–Crippen LogP) is 2.66. The SMILES string of the molecule is O=C(CCCCCNS(=O)(=O)c1ccc2c(c1)OCCO2)NCCc1ccccc1. The topological polar surface area (TPSA) is 93.7 Å². The molecule has 0 saturated carbocycles. The van der Waals surface area contributed by atoms with E-state index in [1.54, 1.807) is 6.07 Å². The van der Waals surface area contributed by atoms with Gasteiger partial charge >= 0.3 is 0 Å². The van der Waals surface area contributed by atoms with Gasteiger partial charge in [0.15, 0.2) is 11.5 Å². The van der Waals surface area contributed by atoms with Gasteiger partial charge in [0, 0.05) is 25.6 Å². The zero-order valence-electron chi connectivity index (χ0n) is 16.9. The van der Waals surface area contributed by atoms with Crippen molar-refractivity contribution < 1.29 is 22.7 Å². The van der Waals surface area contributed by atoms with Gasteiger partial charge in [-0.15, -0.1) is 0 Å². The molecule has 1 aliphatic rings. The van der Waals surface area contributed by atoms with Crippen LogP contribution in [-0.4, -0.2) is 40.6 Å². The van der Waals surface area contributed by atoms with Crippen LogP contribution in [0.3, 0.4) is 0 Å². The van der Waals surface area contributed by atoms with E-state index in [2.05, 4.69) is 10.0 Å². The van der Waals surface area contributed by atoms with Crippen LogP contribution in [0.15, 0.2) is 53.4 Å². The number of sulfonamides is 1. The molecule has 1 amide bonds. The van der Waals surface area contributed by atoms with Crippen molar-refractivity contribution in [1.29, 1.82) is 0 Å². The highest BCUT2D eigenvalue weighted by Gasteiger charge is 2.18. The second kappa shape index (κ2) is 11.0. The van der Waals surface area contributed by atoms with Crippen LogP contribution in [0.5, 0.6) is 11.5 Å². The number of benzene rings is 2. The maximum absolute atomic E-state index is 12.4. The summed E-state index contributed by atoms with van der Waals surface area (Å²) in [6.45, 7) is 1.82. The Balaban J connectivity index is 1.29. The number of hydrogen-bond acceptors (Lipinski definition) is 5. The van der Waals surface area contributed by atoms with Crippen molar-refractivity contribution in [2.24, 2.45) is 0 Å². The molecule has 3 rings (SSSR count). The van der Waals surface area contributed by atoms with E-state index in [1.807, 2.05) is 30.3 Å². The minimum Gasteiger partial charge on any atom is -0.486 e. The van der Waals surface area contributed by atoms with E-state index in [1.165, 1.54) is 17.7 Å². The third kappa shape index (κ3) is 6.74. The van der Waals surface area contributed by atoms with Gasteiger partial charge in [0.2, 0.25) is 15.9 Å². The fourth-order valence-corrected chi connectivity index (χ4v) is 4.24. The van der Waals surface area contributed by atoms with E-state index in [0.717, 1.165) is 19.3 Å². The molecule has 0 aromatic heterocycles. The van der Waals surface area contributed by atoms with Gasteiger partial charge in [-0.05, 0) is 37.0 Å². The number of rotatable bonds is 11. The van der Waals surface area contributed by atoms with E-state index >= 15 is 0 Å². The molecule has 30 heavy (non-hydrogen) atoms. The minimum atomic E-state index is -3.60. The average molecular weight is 433 g/mol. The number of unbranched alkanes of at least 4 members (excludes halogenated alkanes) is 2. The second-order valence-corrected chi connectivity index (χ2v) is 8.87. The fraction of sp³-hybridized carbons (Fsp3) is 0.409. The normalized spacial score (nSPS) is 13.1. The molecule has 2 aromatic carbocycles. The Morgan fingerprint density at radius 1 is 0.900 bits per heavy atom. The Hall–Kier alpha value is -2.58. The predicted molar refractivity (Wildman–Crippen MR) is 114 cm³/mol. The van der Waals surface area contributed by atoms with Crippen LogP contribution in [0, 0.1) is 0 Å². The molecule has 0 spiro atoms. The van der Waals surface area contributed by atoms with Crippen molar-refractivity contribution in [3.05, 3.63) is 54.1 Å². The molecule has 0 fully saturated rings. The van der Waals surface area contributed by atoms with Crippen LogP contribution in [0.25, 0.3) is 0 Å². The van der Waals surface area contributed by atoms with E-state index < -0.39 is 10.0 Å². The lowest BCUT2D eigenvalue weighted by atomic mass is 10.1. The van der Waals surface area contributed by atoms with Crippen LogP contribution in [-0.2, 0) is 21.2 Å². The smallest absolute Gasteiger partial charge is 0.240 e. The van der Waals surface area contributed by atoms with Gasteiger partial charge in [0.1, 0.15) is 13.2 Å². The van der Waals surface area contributed by atoms with E-state index in [9.17, 15) is 13.2 Å². The van der Waals surface area contributed by atoms with Gasteiger partial charge in [-0.2, -0.15) is 0 Å². The zero-order valence-corrected chi connectivity index (χ0v) is 17.7. The highest BCUT2D eigenvalue weighted by molar-refractivity contribution is 7.89. The summed E-state index contributed by atoms with van der Waals surface area (Å²) in [4.78, 5) is 12.0. The Morgan fingerprint density at radius 2 is 1.67 bits per heavy atom. The van der Waals surface area contributed by atoms with Crippen LogP contribution in [0.4, 0.5) is 0 Å². The maximum atomic E-state index is 12.4. The summed E-state index contributed by atoms with van der Waals surface area (Å²) in [6.07, 6.45) is 3.43. The van der Waals surface area contributed by atoms with E-state index in [4.69, 9.17) is 9.47 Å². The fourth-order valence-electron chi connectivity index (χ4n) is 3.15. The van der Waals surface area contributed by atoms with Crippen molar-refractivity contribution in [2.45, 2.75) is 37.0 Å². The van der Waals surface area contributed by atoms with Gasteiger partial charge in [0.25, 0.3) is 0 Å². The number of fused-ring (bicyclic) bond motifs is 1. The third-order valence-electron chi connectivity index (χ3n) is 4.78. The standard InChI is InChI=1S/C22H28N2O5S/c25-22(23-14-12-18-7-3-1-4-8-18)9-5-2-6-13-24-30(26,27)19-10-11-20-21(17-19)29-16-15-28-20/h1,3-4,7-8,10-11,17,24H,2,5-6,9,12-16H2,(H,23,25). The molecular weight excluding hydrogens is 404 g/mol. The van der Waals surface area contributed by atoms with E-state index in [0.29, 0.717) is 50.6 Å². The van der Waals surface area contributed by atoms with Gasteiger partial charge in [-0.25, -0.2) is 13.1 Å². The van der Waals surface area contributed by atoms with Crippen molar-refractivity contribution in [3.63, 3.8) is 0 Å². The summed E-state index contributed by atoms with van der Waals surface area (Å²) >= 11 is 0. The number of hydrogen-bond donors (Lipinski definition) is 2. The van der Waals surface area contributed by atoms with Gasteiger partial charge in [-0.1, -0.05) is 36.8 Å². The van der Waals surface area contributed by atoms with Gasteiger partial charge in [-0.3, -0.25) is 4.79 Å². The van der Waals surface area contributed by atoms with Crippen LogP contribution in [0.2, 0.25) is 0 Å². The monoisotopic (exact) mass is 432 g/mol. The lowest BCUT2D eigenvalue weighted by Crippen LogP contribution is -2.26. The zero-order chi connectivity index (χ0) is 21.2. The molecule has 0 unspecified atom stereocenters. The molecule has 8 heteroatoms. The summed E-state index contributed by atoms with van der Waals surface area (Å²) in [6, 6.07) is 14.6.